The predicted octanol–water partition coefficient (Wildman–Crippen LogP) is 4.07. The van der Waals surface area contributed by atoms with Crippen molar-refractivity contribution in [3.63, 3.8) is 0 Å². The van der Waals surface area contributed by atoms with E-state index in [0.29, 0.717) is 5.56 Å². The van der Waals surface area contributed by atoms with Crippen molar-refractivity contribution in [3.8, 4) is 5.75 Å². The first-order valence-corrected chi connectivity index (χ1v) is 8.50. The van der Waals surface area contributed by atoms with Gasteiger partial charge in [-0.2, -0.15) is 8.78 Å². The zero-order valence-electron chi connectivity index (χ0n) is 11.5. The number of hydrogen-bond donors (Lipinski definition) is 1. The average molecular weight is 382 g/mol. The van der Waals surface area contributed by atoms with Crippen molar-refractivity contribution in [2.24, 2.45) is 0 Å². The highest BCUT2D eigenvalue weighted by Gasteiger charge is 2.15. The molecule has 0 amide bonds. The van der Waals surface area contributed by atoms with Crippen LogP contribution in [0.25, 0.3) is 0 Å². The molecule has 124 valence electrons. The Bertz CT molecular complexity index is 780. The number of nitrogens with one attached hydrogen (secondary N) is 1. The van der Waals surface area contributed by atoms with Crippen LogP contribution < -0.4 is 9.46 Å². The number of hydrogen-bond acceptors (Lipinski definition) is 3. The molecular weight excluding hydrogens is 371 g/mol. The summed E-state index contributed by atoms with van der Waals surface area (Å²) in [6.45, 7) is -3.05. The highest BCUT2D eigenvalue weighted by molar-refractivity contribution is 7.89. The largest absolute Gasteiger partial charge is 0.435 e. The lowest BCUT2D eigenvalue weighted by Gasteiger charge is -2.09. The standard InChI is InChI=1S/C14H11Cl2F2NO3S/c15-10-5-11(16)7-13(6-10)23(20,21)19-8-9-2-1-3-12(4-9)22-14(17)18/h1-7,14,19H,8H2. The van der Waals surface area contributed by atoms with Gasteiger partial charge >= 0.3 is 6.61 Å². The van der Waals surface area contributed by atoms with Crippen molar-refractivity contribution < 1.29 is 21.9 Å². The molecule has 23 heavy (non-hydrogen) atoms. The number of alkyl halides is 2. The molecule has 0 unspecified atom stereocenters. The third kappa shape index (κ3) is 5.31. The molecule has 0 spiro atoms. The number of sulfonamides is 1. The third-order valence-corrected chi connectivity index (χ3v) is 4.55. The van der Waals surface area contributed by atoms with Crippen LogP contribution in [0.15, 0.2) is 47.4 Å². The van der Waals surface area contributed by atoms with E-state index in [4.69, 9.17) is 23.2 Å². The minimum absolute atomic E-state index is 0.0532. The maximum Gasteiger partial charge on any atom is 0.387 e. The van der Waals surface area contributed by atoms with Crippen molar-refractivity contribution >= 4 is 33.2 Å². The van der Waals surface area contributed by atoms with Gasteiger partial charge in [-0.1, -0.05) is 35.3 Å². The van der Waals surface area contributed by atoms with Gasteiger partial charge in [0.15, 0.2) is 0 Å². The summed E-state index contributed by atoms with van der Waals surface area (Å²) < 4.78 is 55.3. The fourth-order valence-corrected chi connectivity index (χ4v) is 3.52. The van der Waals surface area contributed by atoms with Crippen LogP contribution in [-0.2, 0) is 16.6 Å². The van der Waals surface area contributed by atoms with Crippen molar-refractivity contribution in [3.05, 3.63) is 58.1 Å². The highest BCUT2D eigenvalue weighted by atomic mass is 35.5. The average Bonchev–Trinajstić information content (AvgIpc) is 2.44. The van der Waals surface area contributed by atoms with Crippen LogP contribution in [0.1, 0.15) is 5.56 Å². The Morgan fingerprint density at radius 1 is 1.09 bits per heavy atom. The smallest absolute Gasteiger partial charge is 0.387 e. The summed E-state index contributed by atoms with van der Waals surface area (Å²) in [6, 6.07) is 9.65. The first-order valence-electron chi connectivity index (χ1n) is 6.26. The molecule has 0 aliphatic carbocycles. The van der Waals surface area contributed by atoms with Gasteiger partial charge in [0, 0.05) is 16.6 Å². The van der Waals surface area contributed by atoms with Crippen molar-refractivity contribution in [2.45, 2.75) is 18.1 Å². The molecule has 1 N–H and O–H groups in total. The van der Waals surface area contributed by atoms with Gasteiger partial charge in [0.1, 0.15) is 5.75 Å². The summed E-state index contributed by atoms with van der Waals surface area (Å²) >= 11 is 11.6. The lowest BCUT2D eigenvalue weighted by Crippen LogP contribution is -2.23. The maximum atomic E-state index is 12.2. The van der Waals surface area contributed by atoms with Gasteiger partial charge in [-0.25, -0.2) is 13.1 Å². The van der Waals surface area contributed by atoms with E-state index in [-0.39, 0.29) is 27.2 Å². The monoisotopic (exact) mass is 381 g/mol. The second kappa shape index (κ2) is 7.44. The van der Waals surface area contributed by atoms with E-state index >= 15 is 0 Å². The Labute approximate surface area is 142 Å². The molecule has 0 aliphatic rings. The fourth-order valence-electron chi connectivity index (χ4n) is 1.78. The Balaban J connectivity index is 2.13. The Hall–Kier alpha value is -1.41. The van der Waals surface area contributed by atoms with Crippen molar-refractivity contribution in [1.29, 1.82) is 0 Å². The Kier molecular flexibility index (Phi) is 5.80. The number of benzene rings is 2. The van der Waals surface area contributed by atoms with Crippen LogP contribution in [0.5, 0.6) is 5.75 Å². The van der Waals surface area contributed by atoms with Crippen LogP contribution in [0.3, 0.4) is 0 Å². The van der Waals surface area contributed by atoms with Gasteiger partial charge in [0.25, 0.3) is 0 Å². The summed E-state index contributed by atoms with van der Waals surface area (Å²) in [5.41, 5.74) is 0.458. The second-order valence-corrected chi connectivity index (χ2v) is 7.10. The van der Waals surface area contributed by atoms with Gasteiger partial charge < -0.3 is 4.74 Å². The summed E-state index contributed by atoms with van der Waals surface area (Å²) in [7, 11) is -3.85. The summed E-state index contributed by atoms with van der Waals surface area (Å²) in [4.78, 5) is -0.0880. The molecule has 9 heteroatoms. The highest BCUT2D eigenvalue weighted by Crippen LogP contribution is 2.22. The zero-order valence-corrected chi connectivity index (χ0v) is 13.8. The van der Waals surface area contributed by atoms with Crippen LogP contribution in [0.4, 0.5) is 8.78 Å². The van der Waals surface area contributed by atoms with E-state index in [1.165, 1.54) is 36.4 Å². The van der Waals surface area contributed by atoms with Gasteiger partial charge in [-0.3, -0.25) is 0 Å². The van der Waals surface area contributed by atoms with Crippen LogP contribution >= 0.6 is 23.2 Å². The van der Waals surface area contributed by atoms with Gasteiger partial charge in [0.2, 0.25) is 10.0 Å². The minimum atomic E-state index is -3.85. The molecule has 2 rings (SSSR count). The normalized spacial score (nSPS) is 11.7. The number of halogens is 4. The number of ether oxygens (including phenoxy) is 1. The van der Waals surface area contributed by atoms with Crippen molar-refractivity contribution in [2.75, 3.05) is 0 Å². The minimum Gasteiger partial charge on any atom is -0.435 e. The first kappa shape index (κ1) is 17.9. The molecule has 0 saturated carbocycles. The predicted molar refractivity (Wildman–Crippen MR) is 83.6 cm³/mol. The topological polar surface area (TPSA) is 55.4 Å². The Morgan fingerprint density at radius 3 is 2.35 bits per heavy atom. The lowest BCUT2D eigenvalue weighted by atomic mass is 10.2. The molecule has 0 aliphatic heterocycles. The van der Waals surface area contributed by atoms with Crippen LogP contribution in [0, 0.1) is 0 Å². The Morgan fingerprint density at radius 2 is 1.74 bits per heavy atom. The van der Waals surface area contributed by atoms with Gasteiger partial charge in [-0.05, 0) is 35.9 Å². The zero-order chi connectivity index (χ0) is 17.0. The molecule has 0 radical (unpaired) electrons. The molecule has 2 aromatic rings. The molecule has 2 aromatic carbocycles. The molecule has 0 heterocycles. The molecule has 0 bridgehead atoms. The lowest BCUT2D eigenvalue weighted by molar-refractivity contribution is -0.0498. The number of rotatable bonds is 6. The molecule has 0 saturated heterocycles. The van der Waals surface area contributed by atoms with Gasteiger partial charge in [-0.15, -0.1) is 0 Å². The molecule has 0 atom stereocenters. The molecular formula is C14H11Cl2F2NO3S. The van der Waals surface area contributed by atoms with Crippen molar-refractivity contribution in [1.82, 2.24) is 4.72 Å². The van der Waals surface area contributed by atoms with E-state index in [1.54, 1.807) is 6.07 Å². The van der Waals surface area contributed by atoms with Gasteiger partial charge in [0.05, 0.1) is 4.90 Å². The fraction of sp³-hybridized carbons (Fsp3) is 0.143. The van der Waals surface area contributed by atoms with Crippen LogP contribution in [-0.4, -0.2) is 15.0 Å². The van der Waals surface area contributed by atoms with E-state index in [1.807, 2.05) is 0 Å². The van der Waals surface area contributed by atoms with E-state index < -0.39 is 16.6 Å². The van der Waals surface area contributed by atoms with E-state index in [0.717, 1.165) is 0 Å². The molecule has 0 aromatic heterocycles. The molecule has 0 fully saturated rings. The van der Waals surface area contributed by atoms with E-state index in [2.05, 4.69) is 9.46 Å². The van der Waals surface area contributed by atoms with E-state index in [9.17, 15) is 17.2 Å². The second-order valence-electron chi connectivity index (χ2n) is 4.46. The van der Waals surface area contributed by atoms with Crippen LogP contribution in [0.2, 0.25) is 10.0 Å². The third-order valence-electron chi connectivity index (χ3n) is 2.74. The maximum absolute atomic E-state index is 12.2. The summed E-state index contributed by atoms with van der Waals surface area (Å²) in [5.74, 6) is -0.0532. The SMILES string of the molecule is O=S(=O)(NCc1cccc(OC(F)F)c1)c1cc(Cl)cc(Cl)c1. The molecule has 4 nitrogen and oxygen atoms in total. The quantitative estimate of drug-likeness (QED) is 0.820. The summed E-state index contributed by atoms with van der Waals surface area (Å²) in [5, 5.41) is 0.371. The first-order chi connectivity index (χ1) is 10.8. The summed E-state index contributed by atoms with van der Waals surface area (Å²) in [6.07, 6.45) is 0.